The lowest BCUT2D eigenvalue weighted by molar-refractivity contribution is 0.0951. The number of nitrogens with one attached hydrogen (secondary N) is 1. The Kier molecular flexibility index (Phi) is 4.50. The van der Waals surface area contributed by atoms with Crippen LogP contribution in [0.25, 0.3) is 0 Å². The minimum atomic E-state index is -0.137. The molecular formula is C20H17N3O2S. The van der Waals surface area contributed by atoms with Crippen LogP contribution < -0.4 is 10.2 Å². The maximum atomic E-state index is 12.7. The van der Waals surface area contributed by atoms with Crippen molar-refractivity contribution in [3.63, 3.8) is 0 Å². The summed E-state index contributed by atoms with van der Waals surface area (Å²) in [6, 6.07) is 16.6. The zero-order chi connectivity index (χ0) is 17.9. The lowest BCUT2D eigenvalue weighted by Gasteiger charge is -2.16. The molecular weight excluding hydrogens is 346 g/mol. The standard InChI is InChI=1S/C20H17N3O2S/c24-19(22-13-15-8-4-5-10-21-15)18-12-16-17(26-18)9-11-23(16)20(25)14-6-2-1-3-7-14/h1-8,10,12H,9,11,13H2,(H,22,24). The highest BCUT2D eigenvalue weighted by Gasteiger charge is 2.29. The summed E-state index contributed by atoms with van der Waals surface area (Å²) < 4.78 is 0. The first-order valence-electron chi connectivity index (χ1n) is 8.40. The highest BCUT2D eigenvalue weighted by atomic mass is 32.1. The summed E-state index contributed by atoms with van der Waals surface area (Å²) in [6.45, 7) is 1.04. The van der Waals surface area contributed by atoms with E-state index in [1.807, 2.05) is 54.6 Å². The number of fused-ring (bicyclic) bond motifs is 1. The van der Waals surface area contributed by atoms with Crippen molar-refractivity contribution in [3.05, 3.63) is 81.8 Å². The summed E-state index contributed by atoms with van der Waals surface area (Å²) in [5, 5.41) is 2.89. The highest BCUT2D eigenvalue weighted by molar-refractivity contribution is 7.14. The number of thiophene rings is 1. The van der Waals surface area contributed by atoms with Crippen molar-refractivity contribution < 1.29 is 9.59 Å². The van der Waals surface area contributed by atoms with Gasteiger partial charge in [-0.2, -0.15) is 0 Å². The monoisotopic (exact) mass is 363 g/mol. The van der Waals surface area contributed by atoms with Crippen LogP contribution in [0.2, 0.25) is 0 Å². The summed E-state index contributed by atoms with van der Waals surface area (Å²) >= 11 is 1.46. The SMILES string of the molecule is O=C(NCc1ccccn1)c1cc2c(s1)CCN2C(=O)c1ccccc1. The second kappa shape index (κ2) is 7.09. The molecule has 6 heteroatoms. The van der Waals surface area contributed by atoms with E-state index in [9.17, 15) is 9.59 Å². The summed E-state index contributed by atoms with van der Waals surface area (Å²) in [7, 11) is 0. The molecule has 1 N–H and O–H groups in total. The Morgan fingerprint density at radius 1 is 1.12 bits per heavy atom. The van der Waals surface area contributed by atoms with Crippen LogP contribution in [0.4, 0.5) is 5.69 Å². The van der Waals surface area contributed by atoms with Crippen LogP contribution >= 0.6 is 11.3 Å². The number of carbonyl (C=O) groups excluding carboxylic acids is 2. The van der Waals surface area contributed by atoms with Crippen LogP contribution in [0, 0.1) is 0 Å². The van der Waals surface area contributed by atoms with Gasteiger partial charge in [0.25, 0.3) is 11.8 Å². The molecule has 0 bridgehead atoms. The van der Waals surface area contributed by atoms with E-state index in [1.165, 1.54) is 11.3 Å². The van der Waals surface area contributed by atoms with Crippen LogP contribution in [-0.2, 0) is 13.0 Å². The number of carbonyl (C=O) groups is 2. The molecule has 0 saturated carbocycles. The Morgan fingerprint density at radius 3 is 2.69 bits per heavy atom. The highest BCUT2D eigenvalue weighted by Crippen LogP contribution is 2.36. The summed E-state index contributed by atoms with van der Waals surface area (Å²) in [4.78, 5) is 32.8. The fourth-order valence-electron chi connectivity index (χ4n) is 2.98. The largest absolute Gasteiger partial charge is 0.346 e. The third kappa shape index (κ3) is 3.23. The number of pyridine rings is 1. The normalized spacial score (nSPS) is 12.7. The maximum Gasteiger partial charge on any atom is 0.261 e. The zero-order valence-corrected chi connectivity index (χ0v) is 14.8. The van der Waals surface area contributed by atoms with Gasteiger partial charge in [0.15, 0.2) is 0 Å². The Hall–Kier alpha value is -2.99. The second-order valence-electron chi connectivity index (χ2n) is 6.00. The average molecular weight is 363 g/mol. The first-order valence-corrected chi connectivity index (χ1v) is 9.22. The van der Waals surface area contributed by atoms with Crippen LogP contribution in [0.3, 0.4) is 0 Å². The van der Waals surface area contributed by atoms with Crippen molar-refractivity contribution in [2.75, 3.05) is 11.4 Å². The molecule has 2 amide bonds. The van der Waals surface area contributed by atoms with E-state index in [0.717, 1.165) is 22.7 Å². The third-order valence-electron chi connectivity index (χ3n) is 4.29. The van der Waals surface area contributed by atoms with Crippen molar-refractivity contribution >= 4 is 28.8 Å². The van der Waals surface area contributed by atoms with Crippen molar-refractivity contribution in [2.45, 2.75) is 13.0 Å². The van der Waals surface area contributed by atoms with Crippen LogP contribution in [0.1, 0.15) is 30.6 Å². The van der Waals surface area contributed by atoms with Gasteiger partial charge in [0.1, 0.15) is 0 Å². The van der Waals surface area contributed by atoms with Gasteiger partial charge < -0.3 is 10.2 Å². The molecule has 0 spiro atoms. The van der Waals surface area contributed by atoms with Gasteiger partial charge in [-0.05, 0) is 30.3 Å². The van der Waals surface area contributed by atoms with Crippen molar-refractivity contribution in [1.29, 1.82) is 0 Å². The first kappa shape index (κ1) is 16.5. The molecule has 3 heterocycles. The summed E-state index contributed by atoms with van der Waals surface area (Å²) in [5.74, 6) is -0.162. The van der Waals surface area contributed by atoms with Crippen molar-refractivity contribution in [1.82, 2.24) is 10.3 Å². The molecule has 0 saturated heterocycles. The molecule has 130 valence electrons. The maximum absolute atomic E-state index is 12.7. The Morgan fingerprint density at radius 2 is 1.92 bits per heavy atom. The number of anilines is 1. The smallest absolute Gasteiger partial charge is 0.261 e. The predicted molar refractivity (Wildman–Crippen MR) is 102 cm³/mol. The van der Waals surface area contributed by atoms with Gasteiger partial charge in [0.2, 0.25) is 0 Å². The molecule has 0 atom stereocenters. The fraction of sp³-hybridized carbons (Fsp3) is 0.150. The number of aromatic nitrogens is 1. The summed E-state index contributed by atoms with van der Waals surface area (Å²) in [5.41, 5.74) is 2.32. The molecule has 1 aliphatic heterocycles. The zero-order valence-electron chi connectivity index (χ0n) is 14.0. The van der Waals surface area contributed by atoms with Gasteiger partial charge in [0, 0.05) is 29.6 Å². The lowest BCUT2D eigenvalue weighted by Crippen LogP contribution is -2.29. The van der Waals surface area contributed by atoms with E-state index in [1.54, 1.807) is 11.1 Å². The number of hydrogen-bond acceptors (Lipinski definition) is 4. The molecule has 3 aromatic rings. The van der Waals surface area contributed by atoms with Crippen LogP contribution in [0.5, 0.6) is 0 Å². The number of hydrogen-bond donors (Lipinski definition) is 1. The Bertz CT molecular complexity index is 938. The summed E-state index contributed by atoms with van der Waals surface area (Å²) in [6.07, 6.45) is 2.49. The number of nitrogens with zero attached hydrogens (tertiary/aromatic N) is 2. The van der Waals surface area contributed by atoms with Gasteiger partial charge in [0.05, 0.1) is 22.8 Å². The van der Waals surface area contributed by atoms with E-state index in [4.69, 9.17) is 0 Å². The molecule has 0 fully saturated rings. The van der Waals surface area contributed by atoms with E-state index in [2.05, 4.69) is 10.3 Å². The first-order chi connectivity index (χ1) is 12.7. The molecule has 0 unspecified atom stereocenters. The molecule has 2 aromatic heterocycles. The predicted octanol–water partition coefficient (Wildman–Crippen LogP) is 3.28. The third-order valence-corrected chi connectivity index (χ3v) is 5.47. The average Bonchev–Trinajstić information content (AvgIpc) is 3.28. The molecule has 26 heavy (non-hydrogen) atoms. The van der Waals surface area contributed by atoms with E-state index in [0.29, 0.717) is 23.5 Å². The molecule has 1 aliphatic rings. The van der Waals surface area contributed by atoms with Gasteiger partial charge in [-0.3, -0.25) is 14.6 Å². The van der Waals surface area contributed by atoms with Crippen LogP contribution in [0.15, 0.2) is 60.8 Å². The van der Waals surface area contributed by atoms with Gasteiger partial charge in [-0.25, -0.2) is 0 Å². The lowest BCUT2D eigenvalue weighted by atomic mass is 10.2. The number of rotatable bonds is 4. The quantitative estimate of drug-likeness (QED) is 0.774. The molecule has 0 aliphatic carbocycles. The van der Waals surface area contributed by atoms with Crippen molar-refractivity contribution in [3.8, 4) is 0 Å². The van der Waals surface area contributed by atoms with E-state index < -0.39 is 0 Å². The van der Waals surface area contributed by atoms with Crippen molar-refractivity contribution in [2.24, 2.45) is 0 Å². The Labute approximate surface area is 155 Å². The van der Waals surface area contributed by atoms with Gasteiger partial charge >= 0.3 is 0 Å². The van der Waals surface area contributed by atoms with Crippen LogP contribution in [-0.4, -0.2) is 23.3 Å². The minimum absolute atomic E-state index is 0.0254. The van der Waals surface area contributed by atoms with Gasteiger partial charge in [-0.15, -0.1) is 11.3 Å². The minimum Gasteiger partial charge on any atom is -0.346 e. The molecule has 0 radical (unpaired) electrons. The molecule has 1 aromatic carbocycles. The molecule has 5 nitrogen and oxygen atoms in total. The second-order valence-corrected chi connectivity index (χ2v) is 7.13. The Balaban J connectivity index is 1.48. The number of amides is 2. The molecule has 4 rings (SSSR count). The van der Waals surface area contributed by atoms with Gasteiger partial charge in [-0.1, -0.05) is 24.3 Å². The fourth-order valence-corrected chi connectivity index (χ4v) is 4.05. The van der Waals surface area contributed by atoms with E-state index in [-0.39, 0.29) is 11.8 Å². The topological polar surface area (TPSA) is 62.3 Å². The van der Waals surface area contributed by atoms with E-state index >= 15 is 0 Å². The number of benzene rings is 1.